The molecule has 40 heavy (non-hydrogen) atoms. The molecule has 2 aromatic heterocycles. The Balaban J connectivity index is 1.88. The minimum Gasteiger partial charge on any atom is -0.493 e. The molecule has 14 nitrogen and oxygen atoms in total. The number of nitrogen functional groups attached to an aromatic ring is 1. The summed E-state index contributed by atoms with van der Waals surface area (Å²) in [6.07, 6.45) is 2.99. The lowest BCUT2D eigenvalue weighted by Gasteiger charge is -2.22. The first kappa shape index (κ1) is 27.8. The first-order valence-corrected chi connectivity index (χ1v) is 11.9. The molecule has 0 aliphatic rings. The lowest BCUT2D eigenvalue weighted by Crippen LogP contribution is -2.18. The van der Waals surface area contributed by atoms with Crippen LogP contribution in [0.4, 0.5) is 5.69 Å². The number of aromatic nitrogens is 5. The predicted octanol–water partition coefficient (Wildman–Crippen LogP) is 1.93. The van der Waals surface area contributed by atoms with E-state index < -0.39 is 17.7 Å². The van der Waals surface area contributed by atoms with Gasteiger partial charge in [-0.2, -0.15) is 0 Å². The van der Waals surface area contributed by atoms with Crippen molar-refractivity contribution in [3.63, 3.8) is 0 Å². The van der Waals surface area contributed by atoms with Gasteiger partial charge in [0, 0.05) is 43.7 Å². The number of ether oxygens (including phenoxy) is 4. The number of nitrogens with two attached hydrogens (primary N) is 1. The molecule has 1 unspecified atom stereocenters. The standard InChI is InChI=1S/C26H28N8O6/c1-14(35)40-19-12-17(6-7-18(19)23(27)28)31-21(15-10-16(13-37-2)22(39-4)20(11-15)38-3)24-32-26(36)34(33-24)25-29-8-5-9-30-25/h5-12,21,31H,13H2,1-4H3,(H3,27,28)(H,32,33,36). The SMILES string of the molecule is COCc1cc(C(Nc2ccc(C(=N)N)c(OC(C)=O)c2)c2nn(-c3ncccn3)c(=O)[nH]2)cc(OC)c1OC. The highest BCUT2D eigenvalue weighted by molar-refractivity contribution is 5.98. The molecule has 0 bridgehead atoms. The van der Waals surface area contributed by atoms with Gasteiger partial charge in [-0.05, 0) is 35.9 Å². The molecule has 4 aromatic rings. The van der Waals surface area contributed by atoms with E-state index in [4.69, 9.17) is 30.1 Å². The van der Waals surface area contributed by atoms with Crippen LogP contribution in [0.3, 0.4) is 0 Å². The molecule has 14 heteroatoms. The zero-order valence-electron chi connectivity index (χ0n) is 22.2. The lowest BCUT2D eigenvalue weighted by atomic mass is 10.0. The predicted molar refractivity (Wildman–Crippen MR) is 144 cm³/mol. The van der Waals surface area contributed by atoms with Crippen LogP contribution in [0.1, 0.15) is 35.5 Å². The zero-order chi connectivity index (χ0) is 28.8. The fraction of sp³-hybridized carbons (Fsp3) is 0.231. The van der Waals surface area contributed by atoms with Crippen LogP contribution in [0.15, 0.2) is 53.6 Å². The van der Waals surface area contributed by atoms with Gasteiger partial charge in [0.1, 0.15) is 17.6 Å². The summed E-state index contributed by atoms with van der Waals surface area (Å²) in [6.45, 7) is 1.46. The summed E-state index contributed by atoms with van der Waals surface area (Å²) in [7, 11) is 4.59. The second-order valence-corrected chi connectivity index (χ2v) is 8.42. The maximum absolute atomic E-state index is 12.9. The lowest BCUT2D eigenvalue weighted by molar-refractivity contribution is -0.131. The molecule has 4 rings (SSSR count). The Kier molecular flexibility index (Phi) is 8.39. The summed E-state index contributed by atoms with van der Waals surface area (Å²) in [5.74, 6) is 0.473. The third-order valence-corrected chi connectivity index (χ3v) is 5.70. The normalized spacial score (nSPS) is 11.5. The third-order valence-electron chi connectivity index (χ3n) is 5.70. The van der Waals surface area contributed by atoms with E-state index in [0.717, 1.165) is 4.68 Å². The number of carbonyl (C=O) groups is 1. The third kappa shape index (κ3) is 5.91. The first-order chi connectivity index (χ1) is 19.2. The minimum absolute atomic E-state index is 0.0871. The van der Waals surface area contributed by atoms with Gasteiger partial charge < -0.3 is 30.0 Å². The summed E-state index contributed by atoms with van der Waals surface area (Å²) < 4.78 is 22.8. The van der Waals surface area contributed by atoms with Crippen LogP contribution < -0.4 is 31.0 Å². The number of aromatic amines is 1. The van der Waals surface area contributed by atoms with Crippen molar-refractivity contribution in [2.75, 3.05) is 26.6 Å². The number of esters is 1. The zero-order valence-corrected chi connectivity index (χ0v) is 22.2. The molecule has 0 aliphatic heterocycles. The molecular formula is C26H28N8O6. The van der Waals surface area contributed by atoms with Crippen LogP contribution in [-0.4, -0.2) is 57.9 Å². The fourth-order valence-corrected chi connectivity index (χ4v) is 4.05. The highest BCUT2D eigenvalue weighted by Crippen LogP contribution is 2.37. The average molecular weight is 549 g/mol. The maximum atomic E-state index is 12.9. The molecule has 2 aromatic carbocycles. The van der Waals surface area contributed by atoms with Gasteiger partial charge >= 0.3 is 11.7 Å². The topological polar surface area (TPSA) is 192 Å². The molecule has 0 saturated carbocycles. The molecule has 0 fully saturated rings. The minimum atomic E-state index is -0.776. The molecule has 208 valence electrons. The van der Waals surface area contributed by atoms with Crippen molar-refractivity contribution in [3.05, 3.63) is 81.8 Å². The van der Waals surface area contributed by atoms with Crippen molar-refractivity contribution >= 4 is 17.5 Å². The first-order valence-electron chi connectivity index (χ1n) is 11.9. The Morgan fingerprint density at radius 3 is 2.50 bits per heavy atom. The summed E-state index contributed by atoms with van der Waals surface area (Å²) in [6, 6.07) is 9.14. The van der Waals surface area contributed by atoms with Gasteiger partial charge in [-0.3, -0.25) is 15.2 Å². The maximum Gasteiger partial charge on any atom is 0.350 e. The Labute approximate surface area is 228 Å². The smallest absolute Gasteiger partial charge is 0.350 e. The van der Waals surface area contributed by atoms with Crippen LogP contribution in [0.2, 0.25) is 0 Å². The molecule has 0 aliphatic carbocycles. The highest BCUT2D eigenvalue weighted by atomic mass is 16.5. The highest BCUT2D eigenvalue weighted by Gasteiger charge is 2.25. The van der Waals surface area contributed by atoms with Gasteiger partial charge in [0.2, 0.25) is 0 Å². The van der Waals surface area contributed by atoms with Crippen molar-refractivity contribution in [2.24, 2.45) is 5.73 Å². The summed E-state index contributed by atoms with van der Waals surface area (Å²) >= 11 is 0. The van der Waals surface area contributed by atoms with Crippen LogP contribution in [-0.2, 0) is 16.1 Å². The van der Waals surface area contributed by atoms with Gasteiger partial charge in [0.25, 0.3) is 5.95 Å². The quantitative estimate of drug-likeness (QED) is 0.0926. The van der Waals surface area contributed by atoms with Gasteiger partial charge in [-0.25, -0.2) is 14.8 Å². The van der Waals surface area contributed by atoms with Gasteiger partial charge in [0.05, 0.1) is 26.4 Å². The van der Waals surface area contributed by atoms with Crippen LogP contribution in [0.25, 0.3) is 5.95 Å². The molecule has 0 spiro atoms. The Hall–Kier alpha value is -5.24. The van der Waals surface area contributed by atoms with E-state index in [2.05, 4.69) is 25.4 Å². The van der Waals surface area contributed by atoms with Gasteiger partial charge in [-0.15, -0.1) is 9.78 Å². The largest absolute Gasteiger partial charge is 0.493 e. The Morgan fingerprint density at radius 2 is 1.88 bits per heavy atom. The van der Waals surface area contributed by atoms with E-state index in [9.17, 15) is 9.59 Å². The van der Waals surface area contributed by atoms with E-state index in [-0.39, 0.29) is 35.5 Å². The van der Waals surface area contributed by atoms with E-state index in [1.54, 1.807) is 31.4 Å². The van der Waals surface area contributed by atoms with E-state index >= 15 is 0 Å². The number of methoxy groups -OCH3 is 3. The second kappa shape index (κ2) is 12.1. The number of anilines is 1. The number of hydrogen-bond acceptors (Lipinski definition) is 11. The number of nitrogens with one attached hydrogen (secondary N) is 3. The number of benzene rings is 2. The number of nitrogens with zero attached hydrogens (tertiary/aromatic N) is 4. The number of carbonyl (C=O) groups excluding carboxylic acids is 1. The van der Waals surface area contributed by atoms with Crippen LogP contribution >= 0.6 is 0 Å². The fourth-order valence-electron chi connectivity index (χ4n) is 4.05. The summed E-state index contributed by atoms with van der Waals surface area (Å²) in [5, 5.41) is 15.6. The Morgan fingerprint density at radius 1 is 1.12 bits per heavy atom. The monoisotopic (exact) mass is 548 g/mol. The van der Waals surface area contributed by atoms with Crippen molar-refractivity contribution in [2.45, 2.75) is 19.6 Å². The van der Waals surface area contributed by atoms with E-state index in [1.807, 2.05) is 6.07 Å². The molecule has 0 amide bonds. The molecular weight excluding hydrogens is 520 g/mol. The molecule has 0 saturated heterocycles. The number of amidine groups is 1. The van der Waals surface area contributed by atoms with Crippen LogP contribution in [0.5, 0.6) is 17.2 Å². The van der Waals surface area contributed by atoms with Crippen molar-refractivity contribution in [1.29, 1.82) is 5.41 Å². The molecule has 1 atom stereocenters. The average Bonchev–Trinajstić information content (AvgIpc) is 3.32. The second-order valence-electron chi connectivity index (χ2n) is 8.42. The van der Waals surface area contributed by atoms with Gasteiger partial charge in [0.15, 0.2) is 17.3 Å². The van der Waals surface area contributed by atoms with Crippen molar-refractivity contribution in [1.82, 2.24) is 24.7 Å². The number of rotatable bonds is 11. The summed E-state index contributed by atoms with van der Waals surface area (Å²) in [4.78, 5) is 35.6. The molecule has 0 radical (unpaired) electrons. The van der Waals surface area contributed by atoms with Crippen molar-refractivity contribution < 1.29 is 23.7 Å². The molecule has 5 N–H and O–H groups in total. The van der Waals surface area contributed by atoms with Gasteiger partial charge in [-0.1, -0.05) is 0 Å². The Bertz CT molecular complexity index is 1580. The van der Waals surface area contributed by atoms with E-state index in [0.29, 0.717) is 28.3 Å². The van der Waals surface area contributed by atoms with E-state index in [1.165, 1.54) is 39.6 Å². The number of hydrogen-bond donors (Lipinski definition) is 4. The van der Waals surface area contributed by atoms with Crippen molar-refractivity contribution in [3.8, 4) is 23.2 Å². The molecule has 2 heterocycles. The van der Waals surface area contributed by atoms with Crippen LogP contribution in [0, 0.1) is 5.41 Å². The number of H-pyrrole nitrogens is 1. The summed E-state index contributed by atoms with van der Waals surface area (Å²) in [5.41, 5.74) is 7.14.